The summed E-state index contributed by atoms with van der Waals surface area (Å²) in [5.41, 5.74) is 4.73. The minimum absolute atomic E-state index is 0.0301. The second-order valence-corrected chi connectivity index (χ2v) is 3.34. The molecule has 0 spiro atoms. The van der Waals surface area contributed by atoms with Crippen LogP contribution >= 0.6 is 0 Å². The van der Waals surface area contributed by atoms with Crippen molar-refractivity contribution in [3.63, 3.8) is 0 Å². The molecule has 3 N–H and O–H groups in total. The maximum Gasteiger partial charge on any atom is 0.105 e. The van der Waals surface area contributed by atoms with E-state index in [1.807, 2.05) is 0 Å². The molecule has 3 atom stereocenters. The van der Waals surface area contributed by atoms with E-state index in [4.69, 9.17) is 10.5 Å². The molecule has 0 radical (unpaired) electrons. The van der Waals surface area contributed by atoms with E-state index in [2.05, 4.69) is 0 Å². The van der Waals surface area contributed by atoms with Crippen LogP contribution < -0.4 is 5.73 Å². The number of ether oxygens (including phenoxy) is 1. The number of fused-ring (bicyclic) bond motifs is 2. The Kier molecular flexibility index (Phi) is 1.27. The van der Waals surface area contributed by atoms with Gasteiger partial charge in [-0.2, -0.15) is 0 Å². The molecule has 10 heavy (non-hydrogen) atoms. The summed E-state index contributed by atoms with van der Waals surface area (Å²) in [6, 6.07) is 0. The highest BCUT2D eigenvalue weighted by atomic mass is 16.5. The Balaban J connectivity index is 2.14. The molecule has 0 aliphatic carbocycles. The largest absolute Gasteiger partial charge is 0.386 e. The maximum atomic E-state index is 9.74. The van der Waals surface area contributed by atoms with Gasteiger partial charge in [-0.05, 0) is 12.8 Å². The Morgan fingerprint density at radius 2 is 2.40 bits per heavy atom. The van der Waals surface area contributed by atoms with Crippen molar-refractivity contribution in [1.82, 2.24) is 0 Å². The average molecular weight is 143 g/mol. The molecule has 0 amide bonds. The Bertz CT molecular complexity index is 151. The fraction of sp³-hybridized carbons (Fsp3) is 1.00. The molecule has 0 saturated carbocycles. The molecule has 2 aliphatic heterocycles. The number of nitrogens with two attached hydrogens (primary N) is 1. The van der Waals surface area contributed by atoms with Gasteiger partial charge >= 0.3 is 0 Å². The molecule has 3 heteroatoms. The van der Waals surface area contributed by atoms with Crippen molar-refractivity contribution in [2.75, 3.05) is 6.54 Å². The molecule has 0 unspecified atom stereocenters. The van der Waals surface area contributed by atoms with Crippen LogP contribution in [0.1, 0.15) is 19.3 Å². The minimum Gasteiger partial charge on any atom is -0.386 e. The maximum absolute atomic E-state index is 9.74. The number of aliphatic hydroxyl groups is 1. The predicted octanol–water partition coefficient (Wildman–Crippen LogP) is -0.373. The van der Waals surface area contributed by atoms with E-state index < -0.39 is 5.60 Å². The first-order valence-corrected chi connectivity index (χ1v) is 3.82. The predicted molar refractivity (Wildman–Crippen MR) is 36.5 cm³/mol. The van der Waals surface area contributed by atoms with Crippen molar-refractivity contribution in [2.45, 2.75) is 37.1 Å². The lowest BCUT2D eigenvalue weighted by molar-refractivity contribution is -0.0218. The van der Waals surface area contributed by atoms with Crippen molar-refractivity contribution >= 4 is 0 Å². The highest BCUT2D eigenvalue weighted by molar-refractivity contribution is 5.01. The lowest BCUT2D eigenvalue weighted by Crippen LogP contribution is -2.46. The van der Waals surface area contributed by atoms with Crippen LogP contribution in [-0.2, 0) is 4.74 Å². The standard InChI is InChI=1S/C7H13NO2/c8-4-7(9)3-5-1-2-6(7)10-5/h5-6,9H,1-4,8H2/t5-,6+,7-/m1/s1. The smallest absolute Gasteiger partial charge is 0.105 e. The van der Waals surface area contributed by atoms with Crippen molar-refractivity contribution in [3.05, 3.63) is 0 Å². The zero-order valence-corrected chi connectivity index (χ0v) is 5.92. The average Bonchev–Trinajstić information content (AvgIpc) is 2.46. The van der Waals surface area contributed by atoms with Crippen molar-refractivity contribution in [1.29, 1.82) is 0 Å². The summed E-state index contributed by atoms with van der Waals surface area (Å²) in [6.07, 6.45) is 3.15. The van der Waals surface area contributed by atoms with Crippen LogP contribution in [0, 0.1) is 0 Å². The zero-order valence-electron chi connectivity index (χ0n) is 5.92. The molecule has 3 nitrogen and oxygen atoms in total. The first kappa shape index (κ1) is 6.58. The van der Waals surface area contributed by atoms with Crippen molar-refractivity contribution in [3.8, 4) is 0 Å². The van der Waals surface area contributed by atoms with Crippen LogP contribution in [0.25, 0.3) is 0 Å². The highest BCUT2D eigenvalue weighted by Crippen LogP contribution is 2.40. The summed E-state index contributed by atoms with van der Waals surface area (Å²) in [6.45, 7) is 0.341. The molecule has 2 fully saturated rings. The summed E-state index contributed by atoms with van der Waals surface area (Å²) >= 11 is 0. The van der Waals surface area contributed by atoms with Gasteiger partial charge in [0.25, 0.3) is 0 Å². The van der Waals surface area contributed by atoms with E-state index >= 15 is 0 Å². The topological polar surface area (TPSA) is 55.5 Å². The Labute approximate surface area is 60.2 Å². The fourth-order valence-corrected chi connectivity index (χ4v) is 1.99. The molecular weight excluding hydrogens is 130 g/mol. The van der Waals surface area contributed by atoms with Gasteiger partial charge in [0, 0.05) is 13.0 Å². The molecular formula is C7H13NO2. The van der Waals surface area contributed by atoms with Crippen LogP contribution in [0.4, 0.5) is 0 Å². The summed E-state index contributed by atoms with van der Waals surface area (Å²) < 4.78 is 5.45. The third-order valence-electron chi connectivity index (χ3n) is 2.64. The summed E-state index contributed by atoms with van der Waals surface area (Å²) in [4.78, 5) is 0. The van der Waals surface area contributed by atoms with Crippen LogP contribution in [0.3, 0.4) is 0 Å². The van der Waals surface area contributed by atoms with Crippen LogP contribution in [-0.4, -0.2) is 29.5 Å². The monoisotopic (exact) mass is 143 g/mol. The summed E-state index contributed by atoms with van der Waals surface area (Å²) in [5, 5.41) is 9.74. The molecule has 2 heterocycles. The fourth-order valence-electron chi connectivity index (χ4n) is 1.99. The normalized spacial score (nSPS) is 52.2. The quantitative estimate of drug-likeness (QED) is 0.526. The molecule has 2 aliphatic rings. The van der Waals surface area contributed by atoms with Crippen molar-refractivity contribution < 1.29 is 9.84 Å². The number of rotatable bonds is 1. The SMILES string of the molecule is NC[C@]1(O)C[C@H]2CC[C@@H]1O2. The highest BCUT2D eigenvalue weighted by Gasteiger charge is 2.50. The van der Waals surface area contributed by atoms with E-state index in [-0.39, 0.29) is 6.10 Å². The van der Waals surface area contributed by atoms with E-state index in [1.165, 1.54) is 0 Å². The Morgan fingerprint density at radius 3 is 2.70 bits per heavy atom. The van der Waals surface area contributed by atoms with Gasteiger partial charge in [-0.3, -0.25) is 0 Å². The molecule has 58 valence electrons. The molecule has 2 saturated heterocycles. The molecule has 2 bridgehead atoms. The lowest BCUT2D eigenvalue weighted by atomic mass is 9.85. The second kappa shape index (κ2) is 1.94. The van der Waals surface area contributed by atoms with Gasteiger partial charge < -0.3 is 15.6 Å². The van der Waals surface area contributed by atoms with Gasteiger partial charge in [-0.25, -0.2) is 0 Å². The van der Waals surface area contributed by atoms with E-state index in [1.54, 1.807) is 0 Å². The Hall–Kier alpha value is -0.120. The number of hydrogen-bond acceptors (Lipinski definition) is 3. The van der Waals surface area contributed by atoms with Crippen molar-refractivity contribution in [2.24, 2.45) is 5.73 Å². The van der Waals surface area contributed by atoms with Crippen LogP contribution in [0.2, 0.25) is 0 Å². The van der Waals surface area contributed by atoms with Crippen LogP contribution in [0.15, 0.2) is 0 Å². The van der Waals surface area contributed by atoms with Gasteiger partial charge in [0.1, 0.15) is 5.60 Å². The van der Waals surface area contributed by atoms with Gasteiger partial charge in [0.2, 0.25) is 0 Å². The van der Waals surface area contributed by atoms with Gasteiger partial charge in [0.05, 0.1) is 12.2 Å². The molecule has 0 aromatic carbocycles. The van der Waals surface area contributed by atoms with Gasteiger partial charge in [-0.15, -0.1) is 0 Å². The second-order valence-electron chi connectivity index (χ2n) is 3.34. The van der Waals surface area contributed by atoms with Gasteiger partial charge in [0.15, 0.2) is 0 Å². The molecule has 2 rings (SSSR count). The minimum atomic E-state index is -0.692. The molecule has 0 aromatic heterocycles. The van der Waals surface area contributed by atoms with E-state index in [0.717, 1.165) is 19.3 Å². The first-order chi connectivity index (χ1) is 4.74. The van der Waals surface area contributed by atoms with E-state index in [9.17, 15) is 5.11 Å². The summed E-state index contributed by atoms with van der Waals surface area (Å²) in [7, 11) is 0. The van der Waals surface area contributed by atoms with Crippen LogP contribution in [0.5, 0.6) is 0 Å². The van der Waals surface area contributed by atoms with E-state index in [0.29, 0.717) is 12.6 Å². The third kappa shape index (κ3) is 0.713. The van der Waals surface area contributed by atoms with Gasteiger partial charge in [-0.1, -0.05) is 0 Å². The first-order valence-electron chi connectivity index (χ1n) is 3.82. The molecule has 0 aromatic rings. The third-order valence-corrected chi connectivity index (χ3v) is 2.64. The summed E-state index contributed by atoms with van der Waals surface area (Å²) in [5.74, 6) is 0. The number of hydrogen-bond donors (Lipinski definition) is 2. The Morgan fingerprint density at radius 1 is 1.60 bits per heavy atom. The lowest BCUT2D eigenvalue weighted by Gasteiger charge is -2.27. The zero-order chi connectivity index (χ0) is 7.19.